The van der Waals surface area contributed by atoms with Gasteiger partial charge in [-0.2, -0.15) is 4.98 Å². The minimum absolute atomic E-state index is 0.0358. The van der Waals surface area contributed by atoms with Gasteiger partial charge < -0.3 is 14.7 Å². The molecule has 3 heterocycles. The van der Waals surface area contributed by atoms with Crippen molar-refractivity contribution < 1.29 is 14.1 Å². The number of thiophene rings is 1. The molecule has 1 saturated heterocycles. The van der Waals surface area contributed by atoms with Gasteiger partial charge in [0.15, 0.2) is 0 Å². The number of hydrogen-bond acceptors (Lipinski definition) is 6. The maximum atomic E-state index is 12.8. The van der Waals surface area contributed by atoms with E-state index in [2.05, 4.69) is 15.5 Å². The molecule has 0 saturated carbocycles. The molecule has 1 aromatic carbocycles. The Morgan fingerprint density at radius 1 is 1.21 bits per heavy atom. The normalized spacial score (nSPS) is 16.6. The fourth-order valence-electron chi connectivity index (χ4n) is 3.49. The smallest absolute Gasteiger partial charge is 0.263 e. The summed E-state index contributed by atoms with van der Waals surface area (Å²) >= 11 is 1.52. The Bertz CT molecular complexity index is 1020. The third-order valence-electron chi connectivity index (χ3n) is 4.91. The van der Waals surface area contributed by atoms with Crippen molar-refractivity contribution in [2.45, 2.75) is 32.6 Å². The highest BCUT2D eigenvalue weighted by Gasteiger charge is 2.29. The Kier molecular flexibility index (Phi) is 5.44. The number of aryl methyl sites for hydroxylation is 1. The van der Waals surface area contributed by atoms with E-state index in [1.165, 1.54) is 18.3 Å². The van der Waals surface area contributed by atoms with Crippen molar-refractivity contribution in [3.63, 3.8) is 0 Å². The molecule has 1 aliphatic rings. The average molecular weight is 410 g/mol. The van der Waals surface area contributed by atoms with Gasteiger partial charge in [0.25, 0.3) is 5.91 Å². The van der Waals surface area contributed by atoms with Gasteiger partial charge in [-0.25, -0.2) is 0 Å². The van der Waals surface area contributed by atoms with E-state index in [-0.39, 0.29) is 17.7 Å². The largest absolute Gasteiger partial charge is 0.339 e. The first kappa shape index (κ1) is 19.3. The van der Waals surface area contributed by atoms with Crippen molar-refractivity contribution in [2.24, 2.45) is 0 Å². The summed E-state index contributed by atoms with van der Waals surface area (Å²) in [5, 5.41) is 6.84. The zero-order valence-electron chi connectivity index (χ0n) is 16.3. The van der Waals surface area contributed by atoms with Crippen LogP contribution >= 0.6 is 11.3 Å². The van der Waals surface area contributed by atoms with E-state index in [1.54, 1.807) is 12.1 Å². The number of nitrogens with one attached hydrogen (secondary N) is 1. The SMILES string of the molecule is CC(=O)Nc1ccc(-c2noc([C@@H]3CCCN(C(=O)c4ccc(C)s4)C3)n2)cc1. The summed E-state index contributed by atoms with van der Waals surface area (Å²) in [7, 11) is 0. The average Bonchev–Trinajstić information content (AvgIpc) is 3.37. The molecule has 0 aliphatic carbocycles. The van der Waals surface area contributed by atoms with Crippen LogP contribution in [0.5, 0.6) is 0 Å². The monoisotopic (exact) mass is 410 g/mol. The molecule has 8 heteroatoms. The minimum atomic E-state index is -0.117. The number of carbonyl (C=O) groups is 2. The summed E-state index contributed by atoms with van der Waals surface area (Å²) in [6, 6.07) is 11.2. The molecule has 0 spiro atoms. The molecule has 0 radical (unpaired) electrons. The van der Waals surface area contributed by atoms with Gasteiger partial charge in [-0.05, 0) is 56.2 Å². The van der Waals surface area contributed by atoms with E-state index in [9.17, 15) is 9.59 Å². The van der Waals surface area contributed by atoms with Gasteiger partial charge in [-0.1, -0.05) is 5.16 Å². The second-order valence-corrected chi connectivity index (χ2v) is 8.50. The molecule has 0 bridgehead atoms. The Labute approximate surface area is 172 Å². The van der Waals surface area contributed by atoms with E-state index >= 15 is 0 Å². The van der Waals surface area contributed by atoms with Gasteiger partial charge in [0, 0.05) is 36.1 Å². The van der Waals surface area contributed by atoms with Crippen molar-refractivity contribution in [1.29, 1.82) is 0 Å². The van der Waals surface area contributed by atoms with Crippen LogP contribution < -0.4 is 5.32 Å². The van der Waals surface area contributed by atoms with Crippen LogP contribution in [0.15, 0.2) is 40.9 Å². The molecule has 1 aliphatic heterocycles. The van der Waals surface area contributed by atoms with E-state index in [0.29, 0.717) is 18.3 Å². The first-order valence-electron chi connectivity index (χ1n) is 9.57. The minimum Gasteiger partial charge on any atom is -0.339 e. The predicted molar refractivity (Wildman–Crippen MR) is 111 cm³/mol. The van der Waals surface area contributed by atoms with Crippen molar-refractivity contribution in [1.82, 2.24) is 15.0 Å². The fourth-order valence-corrected chi connectivity index (χ4v) is 4.33. The highest BCUT2D eigenvalue weighted by molar-refractivity contribution is 7.13. The Morgan fingerprint density at radius 2 is 2.00 bits per heavy atom. The predicted octanol–water partition coefficient (Wildman–Crippen LogP) is 4.08. The van der Waals surface area contributed by atoms with Crippen LogP contribution in [0.3, 0.4) is 0 Å². The maximum Gasteiger partial charge on any atom is 0.263 e. The van der Waals surface area contributed by atoms with E-state index in [0.717, 1.165) is 40.4 Å². The van der Waals surface area contributed by atoms with Gasteiger partial charge in [0.05, 0.1) is 10.8 Å². The molecule has 29 heavy (non-hydrogen) atoms. The van der Waals surface area contributed by atoms with Crippen molar-refractivity contribution in [3.05, 3.63) is 52.0 Å². The Hall–Kier alpha value is -3.00. The van der Waals surface area contributed by atoms with Crippen molar-refractivity contribution in [2.75, 3.05) is 18.4 Å². The summed E-state index contributed by atoms with van der Waals surface area (Å²) < 4.78 is 5.53. The molecule has 0 unspecified atom stereocenters. The fraction of sp³-hybridized carbons (Fsp3) is 0.333. The van der Waals surface area contributed by atoms with Gasteiger partial charge in [0.2, 0.25) is 17.6 Å². The number of amides is 2. The molecular formula is C21H22N4O3S. The maximum absolute atomic E-state index is 12.8. The molecule has 1 fully saturated rings. The zero-order valence-corrected chi connectivity index (χ0v) is 17.2. The summed E-state index contributed by atoms with van der Waals surface area (Å²) in [5.41, 5.74) is 1.53. The molecule has 1 N–H and O–H groups in total. The van der Waals surface area contributed by atoms with Crippen molar-refractivity contribution in [3.8, 4) is 11.4 Å². The molecular weight excluding hydrogens is 388 g/mol. The van der Waals surface area contributed by atoms with Crippen LogP contribution in [0.4, 0.5) is 5.69 Å². The van der Waals surface area contributed by atoms with Crippen LogP contribution in [0.1, 0.15) is 46.1 Å². The van der Waals surface area contributed by atoms with E-state index < -0.39 is 0 Å². The standard InChI is InChI=1S/C21H22N4O3S/c1-13-5-10-18(29-13)21(27)25-11-3-4-16(12-25)20-23-19(24-28-20)15-6-8-17(9-7-15)22-14(2)26/h5-10,16H,3-4,11-12H2,1-2H3,(H,22,26)/t16-/m1/s1. The number of likely N-dealkylation sites (tertiary alicyclic amines) is 1. The summed E-state index contributed by atoms with van der Waals surface area (Å²) in [6.45, 7) is 4.80. The molecule has 150 valence electrons. The third kappa shape index (κ3) is 4.37. The molecule has 2 amide bonds. The number of nitrogens with zero attached hydrogens (tertiary/aromatic N) is 3. The lowest BCUT2D eigenvalue weighted by atomic mass is 9.98. The summed E-state index contributed by atoms with van der Waals surface area (Å²) in [5.74, 6) is 1.06. The van der Waals surface area contributed by atoms with Crippen LogP contribution in [-0.2, 0) is 4.79 Å². The Balaban J connectivity index is 1.46. The quantitative estimate of drug-likeness (QED) is 0.700. The lowest BCUT2D eigenvalue weighted by Gasteiger charge is -2.30. The molecule has 7 nitrogen and oxygen atoms in total. The van der Waals surface area contributed by atoms with E-state index in [4.69, 9.17) is 4.52 Å². The highest BCUT2D eigenvalue weighted by atomic mass is 32.1. The second kappa shape index (κ2) is 8.16. The number of aromatic nitrogens is 2. The first-order chi connectivity index (χ1) is 14.0. The Morgan fingerprint density at radius 3 is 2.69 bits per heavy atom. The zero-order chi connectivity index (χ0) is 20.4. The summed E-state index contributed by atoms with van der Waals surface area (Å²) in [6.07, 6.45) is 1.82. The van der Waals surface area contributed by atoms with Gasteiger partial charge in [-0.3, -0.25) is 9.59 Å². The number of hydrogen-bond donors (Lipinski definition) is 1. The van der Waals surface area contributed by atoms with Gasteiger partial charge >= 0.3 is 0 Å². The number of piperidine rings is 1. The number of carbonyl (C=O) groups excluding carboxylic acids is 2. The van der Waals surface area contributed by atoms with Crippen LogP contribution in [0, 0.1) is 6.92 Å². The van der Waals surface area contributed by atoms with Gasteiger partial charge in [-0.15, -0.1) is 11.3 Å². The lowest BCUT2D eigenvalue weighted by Crippen LogP contribution is -2.38. The molecule has 1 atom stereocenters. The van der Waals surface area contributed by atoms with Crippen LogP contribution in [-0.4, -0.2) is 39.9 Å². The van der Waals surface area contributed by atoms with Gasteiger partial charge in [0.1, 0.15) is 0 Å². The van der Waals surface area contributed by atoms with Crippen molar-refractivity contribution >= 4 is 28.8 Å². The number of anilines is 1. The number of rotatable bonds is 4. The topological polar surface area (TPSA) is 88.3 Å². The lowest BCUT2D eigenvalue weighted by molar-refractivity contribution is -0.114. The molecule has 4 rings (SSSR count). The first-order valence-corrected chi connectivity index (χ1v) is 10.4. The molecule has 3 aromatic rings. The second-order valence-electron chi connectivity index (χ2n) is 7.22. The van der Waals surface area contributed by atoms with Crippen LogP contribution in [0.2, 0.25) is 0 Å². The highest BCUT2D eigenvalue weighted by Crippen LogP contribution is 2.29. The van der Waals surface area contributed by atoms with E-state index in [1.807, 2.05) is 36.1 Å². The molecule has 2 aromatic heterocycles. The number of benzene rings is 1. The third-order valence-corrected chi connectivity index (χ3v) is 5.90. The van der Waals surface area contributed by atoms with Crippen LogP contribution in [0.25, 0.3) is 11.4 Å². The summed E-state index contributed by atoms with van der Waals surface area (Å²) in [4.78, 5) is 32.2.